The number of carbonyl (C=O) groups excluding carboxylic acids is 1. The largest absolute Gasteiger partial charge is 0.493 e. The molecule has 0 amide bonds. The zero-order chi connectivity index (χ0) is 28.6. The van der Waals surface area contributed by atoms with Crippen molar-refractivity contribution in [3.63, 3.8) is 0 Å². The smallest absolute Gasteiger partial charge is 0.203 e. The molecule has 2 aromatic carbocycles. The summed E-state index contributed by atoms with van der Waals surface area (Å²) in [5.74, 6) is 0.654. The number of aliphatic hydroxyl groups excluding tert-OH is 1. The second-order valence-electron chi connectivity index (χ2n) is 9.23. The lowest BCUT2D eigenvalue weighted by Gasteiger charge is -2.21. The number of hydrogen-bond donors (Lipinski definition) is 1. The number of carbonyl (C=O) groups is 1. The molecule has 1 aliphatic heterocycles. The molecule has 0 radical (unpaired) electrons. The summed E-state index contributed by atoms with van der Waals surface area (Å²) >= 11 is 0. The summed E-state index contributed by atoms with van der Waals surface area (Å²) < 4.78 is 61.1. The van der Waals surface area contributed by atoms with Gasteiger partial charge in [0.25, 0.3) is 0 Å². The monoisotopic (exact) mass is 566 g/mol. The third-order valence-electron chi connectivity index (χ3n) is 6.23. The van der Waals surface area contributed by atoms with Gasteiger partial charge in [0.2, 0.25) is 5.75 Å². The van der Waals surface area contributed by atoms with Gasteiger partial charge in [0, 0.05) is 13.0 Å². The highest BCUT2D eigenvalue weighted by atomic mass is 32.2. The fourth-order valence-electron chi connectivity index (χ4n) is 4.47. The molecule has 0 unspecified atom stereocenters. The molecule has 1 saturated heterocycles. The summed E-state index contributed by atoms with van der Waals surface area (Å²) in [6, 6.07) is 6.91. The quantitative estimate of drug-likeness (QED) is 0.313. The van der Waals surface area contributed by atoms with Crippen molar-refractivity contribution in [1.29, 1.82) is 0 Å². The van der Waals surface area contributed by atoms with Gasteiger partial charge in [-0.05, 0) is 61.6 Å². The Morgan fingerprint density at radius 1 is 0.897 bits per heavy atom. The molecule has 0 aliphatic carbocycles. The lowest BCUT2D eigenvalue weighted by molar-refractivity contribution is -0.114. The van der Waals surface area contributed by atoms with Gasteiger partial charge in [-0.2, -0.15) is 0 Å². The summed E-state index contributed by atoms with van der Waals surface area (Å²) in [5, 5.41) is 9.22. The van der Waals surface area contributed by atoms with Crippen molar-refractivity contribution in [3.05, 3.63) is 35.4 Å². The summed E-state index contributed by atoms with van der Waals surface area (Å²) in [7, 11) is 0.601. The molecule has 2 aromatic rings. The first-order valence-corrected chi connectivity index (χ1v) is 14.6. The van der Waals surface area contributed by atoms with Crippen LogP contribution in [-0.2, 0) is 19.4 Å². The van der Waals surface area contributed by atoms with E-state index in [-0.39, 0.29) is 42.3 Å². The van der Waals surface area contributed by atoms with Gasteiger partial charge in [0.15, 0.2) is 32.8 Å². The number of ketones is 1. The topological polar surface area (TPSA) is 127 Å². The van der Waals surface area contributed by atoms with Gasteiger partial charge in [0.05, 0.1) is 46.8 Å². The Kier molecular flexibility index (Phi) is 10.8. The van der Waals surface area contributed by atoms with E-state index >= 15 is 0 Å². The van der Waals surface area contributed by atoms with Crippen LogP contribution in [0.3, 0.4) is 0 Å². The molecule has 1 fully saturated rings. The van der Waals surface area contributed by atoms with E-state index in [0.717, 1.165) is 5.56 Å². The molecule has 11 heteroatoms. The molecule has 10 nitrogen and oxygen atoms in total. The minimum absolute atomic E-state index is 0.0685. The van der Waals surface area contributed by atoms with Crippen LogP contribution in [-0.4, -0.2) is 66.2 Å². The molecular formula is C28H38O10S. The Morgan fingerprint density at radius 2 is 1.49 bits per heavy atom. The van der Waals surface area contributed by atoms with E-state index < -0.39 is 27.5 Å². The number of benzene rings is 2. The summed E-state index contributed by atoms with van der Waals surface area (Å²) in [6.45, 7) is 3.48. The molecule has 2 atom stereocenters. The van der Waals surface area contributed by atoms with Crippen molar-refractivity contribution in [2.45, 2.75) is 56.6 Å². The van der Waals surface area contributed by atoms with Crippen molar-refractivity contribution in [3.8, 4) is 28.7 Å². The summed E-state index contributed by atoms with van der Waals surface area (Å²) in [5.41, 5.74) is 1.42. The number of ether oxygens (including phenoxy) is 6. The van der Waals surface area contributed by atoms with E-state index in [0.29, 0.717) is 48.5 Å². The van der Waals surface area contributed by atoms with Gasteiger partial charge in [-0.1, -0.05) is 6.92 Å². The first-order valence-electron chi connectivity index (χ1n) is 12.9. The van der Waals surface area contributed by atoms with Crippen LogP contribution in [0.2, 0.25) is 0 Å². The number of hydrogen-bond acceptors (Lipinski definition) is 10. The van der Waals surface area contributed by atoms with E-state index in [4.69, 9.17) is 28.4 Å². The number of methoxy groups -OCH3 is 3. The molecule has 1 aliphatic rings. The standard InChI is InChI=1S/C28H38O10S/c1-6-11-37-28-25(36-12-7-10-29)15-20(16-26(28)39(31,32)17-18(2)30)22-9-8-21(38-22)19-13-23(33-3)27(35-5)24(14-19)34-4/h13-16,21-22,29H,6-12,17H2,1-5H3/t21-,22-/m0/s1. The molecule has 1 N–H and O–H groups in total. The Bertz CT molecular complexity index is 1220. The highest BCUT2D eigenvalue weighted by molar-refractivity contribution is 7.92. The maximum absolute atomic E-state index is 13.3. The third-order valence-corrected chi connectivity index (χ3v) is 7.99. The van der Waals surface area contributed by atoms with Gasteiger partial charge in [-0.25, -0.2) is 8.42 Å². The Labute approximate surface area is 230 Å². The van der Waals surface area contributed by atoms with Gasteiger partial charge >= 0.3 is 0 Å². The molecule has 39 heavy (non-hydrogen) atoms. The summed E-state index contributed by atoms with van der Waals surface area (Å²) in [4.78, 5) is 11.7. The SMILES string of the molecule is CCCOc1c(OCCCO)cc([C@@H]2CC[C@@H](c3cc(OC)c(OC)c(OC)c3)O2)cc1S(=O)(=O)CC(C)=O. The molecule has 1 heterocycles. The van der Waals surface area contributed by atoms with E-state index in [2.05, 4.69) is 0 Å². The molecule has 0 bridgehead atoms. The Morgan fingerprint density at radius 3 is 2.00 bits per heavy atom. The van der Waals surface area contributed by atoms with Crippen LogP contribution in [0.15, 0.2) is 29.2 Å². The number of sulfone groups is 1. The molecule has 0 aromatic heterocycles. The van der Waals surface area contributed by atoms with E-state index in [9.17, 15) is 18.3 Å². The van der Waals surface area contributed by atoms with Crippen LogP contribution < -0.4 is 23.7 Å². The number of aliphatic hydroxyl groups is 1. The zero-order valence-corrected chi connectivity index (χ0v) is 24.0. The predicted molar refractivity (Wildman–Crippen MR) is 144 cm³/mol. The minimum atomic E-state index is -4.02. The van der Waals surface area contributed by atoms with E-state index in [1.165, 1.54) is 20.1 Å². The van der Waals surface area contributed by atoms with Gasteiger partial charge in [-0.15, -0.1) is 0 Å². The van der Waals surface area contributed by atoms with Crippen molar-refractivity contribution >= 4 is 15.6 Å². The second-order valence-corrected chi connectivity index (χ2v) is 11.2. The van der Waals surface area contributed by atoms with Crippen LogP contribution in [0.1, 0.15) is 62.9 Å². The fraction of sp³-hybridized carbons (Fsp3) is 0.536. The van der Waals surface area contributed by atoms with Crippen LogP contribution in [0, 0.1) is 0 Å². The normalized spacial score (nSPS) is 17.1. The maximum Gasteiger partial charge on any atom is 0.203 e. The fourth-order valence-corrected chi connectivity index (χ4v) is 5.92. The molecule has 3 rings (SSSR count). The van der Waals surface area contributed by atoms with Crippen molar-refractivity contribution in [1.82, 2.24) is 0 Å². The Balaban J connectivity index is 2.03. The third kappa shape index (κ3) is 7.34. The van der Waals surface area contributed by atoms with E-state index in [1.54, 1.807) is 20.3 Å². The summed E-state index contributed by atoms with van der Waals surface area (Å²) in [6.07, 6.45) is 1.52. The predicted octanol–water partition coefficient (Wildman–Crippen LogP) is 4.22. The average Bonchev–Trinajstić information content (AvgIpc) is 3.41. The lowest BCUT2D eigenvalue weighted by atomic mass is 10.0. The molecule has 216 valence electrons. The molecular weight excluding hydrogens is 528 g/mol. The first kappa shape index (κ1) is 30.5. The molecule has 0 spiro atoms. The van der Waals surface area contributed by atoms with Crippen LogP contribution >= 0.6 is 0 Å². The van der Waals surface area contributed by atoms with Gasteiger partial charge < -0.3 is 33.5 Å². The molecule has 0 saturated carbocycles. The van der Waals surface area contributed by atoms with Crippen LogP contribution in [0.4, 0.5) is 0 Å². The highest BCUT2D eigenvalue weighted by Crippen LogP contribution is 2.48. The van der Waals surface area contributed by atoms with Crippen LogP contribution in [0.5, 0.6) is 28.7 Å². The zero-order valence-electron chi connectivity index (χ0n) is 23.2. The van der Waals surface area contributed by atoms with Crippen molar-refractivity contribution < 1.29 is 46.7 Å². The first-order chi connectivity index (χ1) is 18.7. The maximum atomic E-state index is 13.3. The van der Waals surface area contributed by atoms with Crippen molar-refractivity contribution in [2.24, 2.45) is 0 Å². The van der Waals surface area contributed by atoms with Crippen molar-refractivity contribution in [2.75, 3.05) is 46.9 Å². The van der Waals surface area contributed by atoms with Gasteiger partial charge in [0.1, 0.15) is 16.4 Å². The highest BCUT2D eigenvalue weighted by Gasteiger charge is 2.33. The Hall–Kier alpha value is -3.02. The second kappa shape index (κ2) is 13.9. The number of rotatable bonds is 15. The average molecular weight is 567 g/mol. The van der Waals surface area contributed by atoms with Crippen LogP contribution in [0.25, 0.3) is 0 Å². The van der Waals surface area contributed by atoms with Gasteiger partial charge in [-0.3, -0.25) is 4.79 Å². The van der Waals surface area contributed by atoms with E-state index in [1.807, 2.05) is 19.1 Å². The lowest BCUT2D eigenvalue weighted by Crippen LogP contribution is -2.16. The minimum Gasteiger partial charge on any atom is -0.493 e. The number of Topliss-reactive ketones (excluding diaryl/α,β-unsaturated/α-hetero) is 1.